The zero-order valence-corrected chi connectivity index (χ0v) is 17.3. The number of carbonyl (C=O) groups is 2. The van der Waals surface area contributed by atoms with Crippen LogP contribution in [-0.4, -0.2) is 36.2 Å². The maximum absolute atomic E-state index is 13.3. The molecule has 31 heavy (non-hydrogen) atoms. The molecule has 3 heterocycles. The van der Waals surface area contributed by atoms with Crippen LogP contribution in [0.4, 0.5) is 5.82 Å². The zero-order chi connectivity index (χ0) is 22.3. The third kappa shape index (κ3) is 3.33. The third-order valence-corrected chi connectivity index (χ3v) is 5.00. The molecule has 0 spiro atoms. The maximum atomic E-state index is 13.3. The van der Waals surface area contributed by atoms with E-state index in [2.05, 4.69) is 5.16 Å². The molecule has 0 saturated heterocycles. The van der Waals surface area contributed by atoms with Crippen molar-refractivity contribution in [2.45, 2.75) is 19.9 Å². The average Bonchev–Trinajstić information content (AvgIpc) is 3.45. The summed E-state index contributed by atoms with van der Waals surface area (Å²) in [7, 11) is 2.98. The smallest absolute Gasteiger partial charge is 0.295 e. The molecule has 1 aromatic carbocycles. The molecule has 0 unspecified atom stereocenters. The van der Waals surface area contributed by atoms with E-state index < -0.39 is 23.5 Å². The normalized spacial score (nSPS) is 16.2. The Balaban J connectivity index is 1.89. The summed E-state index contributed by atoms with van der Waals surface area (Å²) in [6, 6.07) is 8.65. The van der Waals surface area contributed by atoms with Crippen molar-refractivity contribution in [2.75, 3.05) is 19.1 Å². The number of aromatic nitrogens is 1. The standard InChI is InChI=1S/C22H20N2O7/c1-11-5-7-15(30-11)20(25)18-19(13-6-8-14(28-3)16(10-13)29-4)24(22(27)21(18)26)17-9-12(2)31-23-17/h5-10,19,26H,1-4H3/t19-/m1/s1. The summed E-state index contributed by atoms with van der Waals surface area (Å²) in [6.07, 6.45) is 0. The Bertz CT molecular complexity index is 1200. The quantitative estimate of drug-likeness (QED) is 0.596. The molecule has 1 atom stereocenters. The first kappa shape index (κ1) is 20.3. The Hall–Kier alpha value is -4.01. The van der Waals surface area contributed by atoms with Crippen LogP contribution in [-0.2, 0) is 4.79 Å². The number of furan rings is 1. The molecule has 9 heteroatoms. The van der Waals surface area contributed by atoms with Crippen molar-refractivity contribution in [1.82, 2.24) is 5.16 Å². The molecule has 1 aliphatic rings. The fraction of sp³-hybridized carbons (Fsp3) is 0.227. The molecule has 1 amide bonds. The second kappa shape index (κ2) is 7.67. The lowest BCUT2D eigenvalue weighted by molar-refractivity contribution is -0.117. The van der Waals surface area contributed by atoms with Gasteiger partial charge in [-0.15, -0.1) is 0 Å². The zero-order valence-electron chi connectivity index (χ0n) is 17.3. The van der Waals surface area contributed by atoms with E-state index in [-0.39, 0.29) is 17.2 Å². The number of aliphatic hydroxyl groups is 1. The first-order chi connectivity index (χ1) is 14.8. The van der Waals surface area contributed by atoms with Crippen molar-refractivity contribution >= 4 is 17.5 Å². The first-order valence-electron chi connectivity index (χ1n) is 9.38. The predicted octanol–water partition coefficient (Wildman–Crippen LogP) is 3.68. The van der Waals surface area contributed by atoms with Crippen LogP contribution in [0.25, 0.3) is 0 Å². The van der Waals surface area contributed by atoms with Gasteiger partial charge in [-0.3, -0.25) is 14.5 Å². The van der Waals surface area contributed by atoms with Gasteiger partial charge >= 0.3 is 0 Å². The average molecular weight is 424 g/mol. The van der Waals surface area contributed by atoms with Gasteiger partial charge in [0.25, 0.3) is 5.91 Å². The number of amides is 1. The van der Waals surface area contributed by atoms with Crippen molar-refractivity contribution < 1.29 is 33.1 Å². The second-order valence-electron chi connectivity index (χ2n) is 6.99. The van der Waals surface area contributed by atoms with E-state index in [1.165, 1.54) is 25.2 Å². The number of nitrogens with zero attached hydrogens (tertiary/aromatic N) is 2. The molecule has 3 aromatic rings. The lowest BCUT2D eigenvalue weighted by Crippen LogP contribution is -2.31. The number of carbonyl (C=O) groups excluding carboxylic acids is 2. The number of anilines is 1. The number of benzene rings is 1. The minimum Gasteiger partial charge on any atom is -0.503 e. The fourth-order valence-corrected chi connectivity index (χ4v) is 3.57. The number of aryl methyl sites for hydroxylation is 2. The highest BCUT2D eigenvalue weighted by molar-refractivity contribution is 6.20. The minimum atomic E-state index is -0.991. The molecule has 9 nitrogen and oxygen atoms in total. The molecule has 1 N–H and O–H groups in total. The van der Waals surface area contributed by atoms with Gasteiger partial charge in [0, 0.05) is 6.07 Å². The van der Waals surface area contributed by atoms with Crippen LogP contribution < -0.4 is 14.4 Å². The van der Waals surface area contributed by atoms with Gasteiger partial charge in [0.15, 0.2) is 28.8 Å². The summed E-state index contributed by atoms with van der Waals surface area (Å²) >= 11 is 0. The summed E-state index contributed by atoms with van der Waals surface area (Å²) in [5, 5.41) is 14.6. The van der Waals surface area contributed by atoms with Gasteiger partial charge in [-0.2, -0.15) is 0 Å². The van der Waals surface area contributed by atoms with E-state index in [0.717, 1.165) is 0 Å². The van der Waals surface area contributed by atoms with Crippen LogP contribution in [0.1, 0.15) is 33.7 Å². The van der Waals surface area contributed by atoms with Gasteiger partial charge < -0.3 is 23.5 Å². The molecule has 0 saturated carbocycles. The molecular formula is C22H20N2O7. The summed E-state index contributed by atoms with van der Waals surface area (Å²) in [5.74, 6) is -0.0319. The molecule has 0 aliphatic carbocycles. The third-order valence-electron chi connectivity index (χ3n) is 5.00. The van der Waals surface area contributed by atoms with Crippen LogP contribution >= 0.6 is 0 Å². The molecular weight excluding hydrogens is 404 g/mol. The number of rotatable bonds is 6. The number of Topliss-reactive ketones (excluding diaryl/α,β-unsaturated/α-hetero) is 1. The van der Waals surface area contributed by atoms with Gasteiger partial charge in [-0.1, -0.05) is 11.2 Å². The number of aliphatic hydroxyl groups excluding tert-OH is 1. The van der Waals surface area contributed by atoms with Gasteiger partial charge in [0.2, 0.25) is 5.78 Å². The van der Waals surface area contributed by atoms with Crippen LogP contribution in [0.15, 0.2) is 56.7 Å². The Morgan fingerprint density at radius 1 is 1.06 bits per heavy atom. The largest absolute Gasteiger partial charge is 0.503 e. The number of ether oxygens (including phenoxy) is 2. The Kier molecular flexibility index (Phi) is 5.02. The molecule has 0 fully saturated rings. The molecule has 0 radical (unpaired) electrons. The Labute approximate surface area is 177 Å². The van der Waals surface area contributed by atoms with E-state index in [0.29, 0.717) is 28.6 Å². The number of hydrogen-bond acceptors (Lipinski definition) is 8. The highest BCUT2D eigenvalue weighted by atomic mass is 16.5. The highest BCUT2D eigenvalue weighted by Gasteiger charge is 2.46. The van der Waals surface area contributed by atoms with E-state index in [1.807, 2.05) is 0 Å². The summed E-state index contributed by atoms with van der Waals surface area (Å²) in [5.41, 5.74) is 0.370. The van der Waals surface area contributed by atoms with Gasteiger partial charge in [0.05, 0.1) is 25.8 Å². The Morgan fingerprint density at radius 3 is 2.39 bits per heavy atom. The van der Waals surface area contributed by atoms with Gasteiger partial charge in [-0.25, -0.2) is 0 Å². The molecule has 160 valence electrons. The molecule has 2 aromatic heterocycles. The molecule has 0 bridgehead atoms. The van der Waals surface area contributed by atoms with Crippen LogP contribution in [0.2, 0.25) is 0 Å². The van der Waals surface area contributed by atoms with Crippen LogP contribution in [0.3, 0.4) is 0 Å². The topological polar surface area (TPSA) is 115 Å². The lowest BCUT2D eigenvalue weighted by Gasteiger charge is -2.24. The van der Waals surface area contributed by atoms with E-state index >= 15 is 0 Å². The van der Waals surface area contributed by atoms with Gasteiger partial charge in [-0.05, 0) is 43.7 Å². The van der Waals surface area contributed by atoms with Crippen molar-refractivity contribution in [1.29, 1.82) is 0 Å². The molecule has 1 aliphatic heterocycles. The maximum Gasteiger partial charge on any atom is 0.295 e. The Morgan fingerprint density at radius 2 is 1.81 bits per heavy atom. The van der Waals surface area contributed by atoms with Gasteiger partial charge in [0.1, 0.15) is 11.5 Å². The van der Waals surface area contributed by atoms with Crippen molar-refractivity contribution in [3.63, 3.8) is 0 Å². The summed E-state index contributed by atoms with van der Waals surface area (Å²) < 4.78 is 21.2. The van der Waals surface area contributed by atoms with Crippen LogP contribution in [0, 0.1) is 13.8 Å². The minimum absolute atomic E-state index is 0.00973. The summed E-state index contributed by atoms with van der Waals surface area (Å²) in [4.78, 5) is 27.5. The van der Waals surface area contributed by atoms with E-state index in [1.54, 1.807) is 44.2 Å². The number of hydrogen-bond donors (Lipinski definition) is 1. The van der Waals surface area contributed by atoms with E-state index in [9.17, 15) is 14.7 Å². The van der Waals surface area contributed by atoms with E-state index in [4.69, 9.17) is 18.4 Å². The van der Waals surface area contributed by atoms with Crippen molar-refractivity contribution in [3.8, 4) is 11.5 Å². The predicted molar refractivity (Wildman–Crippen MR) is 108 cm³/mol. The fourth-order valence-electron chi connectivity index (χ4n) is 3.57. The van der Waals surface area contributed by atoms with Crippen LogP contribution in [0.5, 0.6) is 11.5 Å². The first-order valence-corrected chi connectivity index (χ1v) is 9.38. The molecule has 4 rings (SSSR count). The monoisotopic (exact) mass is 424 g/mol. The number of methoxy groups -OCH3 is 2. The van der Waals surface area contributed by atoms with Crippen molar-refractivity contribution in [2.24, 2.45) is 0 Å². The number of ketones is 1. The lowest BCUT2D eigenvalue weighted by atomic mass is 9.94. The van der Waals surface area contributed by atoms with Crippen molar-refractivity contribution in [3.05, 3.63) is 70.6 Å². The second-order valence-corrected chi connectivity index (χ2v) is 6.99. The summed E-state index contributed by atoms with van der Waals surface area (Å²) in [6.45, 7) is 3.37. The SMILES string of the molecule is COc1ccc([C@@H]2C(C(=O)c3ccc(C)o3)=C(O)C(=O)N2c2cc(C)on2)cc1OC. The highest BCUT2D eigenvalue weighted by Crippen LogP contribution is 2.43.